The van der Waals surface area contributed by atoms with Gasteiger partial charge >= 0.3 is 5.97 Å². The second kappa shape index (κ2) is 6.31. The van der Waals surface area contributed by atoms with Crippen molar-refractivity contribution < 1.29 is 19.7 Å². The van der Waals surface area contributed by atoms with E-state index in [0.717, 1.165) is 9.13 Å². The molecule has 0 saturated carbocycles. The van der Waals surface area contributed by atoms with Crippen LogP contribution in [0.15, 0.2) is 36.4 Å². The van der Waals surface area contributed by atoms with Crippen molar-refractivity contribution in [2.75, 3.05) is 7.11 Å². The van der Waals surface area contributed by atoms with Gasteiger partial charge in [-0.2, -0.15) is 0 Å². The summed E-state index contributed by atoms with van der Waals surface area (Å²) in [7, 11) is 1.23. The summed E-state index contributed by atoms with van der Waals surface area (Å²) in [6.45, 7) is 0. The van der Waals surface area contributed by atoms with E-state index in [2.05, 4.69) is 27.3 Å². The number of methoxy groups -OCH3 is 1. The molecule has 0 aliphatic rings. The minimum atomic E-state index is -1.10. The summed E-state index contributed by atoms with van der Waals surface area (Å²) in [5, 5.41) is 19.9. The van der Waals surface area contributed by atoms with Gasteiger partial charge in [-0.1, -0.05) is 18.2 Å². The van der Waals surface area contributed by atoms with Gasteiger partial charge in [0.2, 0.25) is 0 Å². The van der Waals surface area contributed by atoms with Crippen LogP contribution in [0.25, 0.3) is 11.1 Å². The number of halogens is 1. The fourth-order valence-electron chi connectivity index (χ4n) is 2.09. The molecule has 0 unspecified atom stereocenters. The number of nitrogens with two attached hydrogens (primary N) is 1. The molecule has 0 fully saturated rings. The van der Waals surface area contributed by atoms with E-state index in [9.17, 15) is 15.0 Å². The van der Waals surface area contributed by atoms with Crippen LogP contribution in [0, 0.1) is 3.57 Å². The van der Waals surface area contributed by atoms with E-state index in [0.29, 0.717) is 11.1 Å². The topological polar surface area (TPSA) is 92.8 Å². The van der Waals surface area contributed by atoms with Crippen molar-refractivity contribution in [1.29, 1.82) is 0 Å². The highest BCUT2D eigenvalue weighted by Crippen LogP contribution is 2.40. The molecule has 2 aromatic carbocycles. The fourth-order valence-corrected chi connectivity index (χ4v) is 2.75. The van der Waals surface area contributed by atoms with Gasteiger partial charge in [-0.15, -0.1) is 0 Å². The summed E-state index contributed by atoms with van der Waals surface area (Å²) >= 11 is 2.13. The van der Waals surface area contributed by atoms with Gasteiger partial charge < -0.3 is 20.7 Å². The highest BCUT2D eigenvalue weighted by atomic mass is 127. The normalized spacial score (nSPS) is 12.0. The maximum Gasteiger partial charge on any atom is 0.327 e. The van der Waals surface area contributed by atoms with Crippen LogP contribution in [0.3, 0.4) is 0 Å². The number of phenolic OH excluding ortho intramolecular Hbond substituents is 2. The van der Waals surface area contributed by atoms with Gasteiger partial charge in [-0.25, -0.2) is 0 Å². The zero-order valence-corrected chi connectivity index (χ0v) is 13.4. The zero-order valence-electron chi connectivity index (χ0n) is 11.2. The molecule has 110 valence electrons. The Balaban J connectivity index is 2.71. The molecule has 0 aromatic heterocycles. The smallest absolute Gasteiger partial charge is 0.327 e. The molecule has 21 heavy (non-hydrogen) atoms. The summed E-state index contributed by atoms with van der Waals surface area (Å²) in [5.74, 6) is -0.961. The van der Waals surface area contributed by atoms with Gasteiger partial charge in [0.05, 0.1) is 7.11 Å². The Kier molecular flexibility index (Phi) is 4.69. The molecule has 6 heteroatoms. The lowest BCUT2D eigenvalue weighted by atomic mass is 9.94. The molecular weight excluding hydrogens is 385 g/mol. The molecular formula is C15H14INO4. The molecule has 5 nitrogen and oxygen atoms in total. The van der Waals surface area contributed by atoms with Gasteiger partial charge in [-0.05, 0) is 45.9 Å². The SMILES string of the molecule is COC(=O)[C@@H](N)c1cc(O)cc(O)c1-c1ccccc1I. The van der Waals surface area contributed by atoms with Crippen molar-refractivity contribution in [2.24, 2.45) is 5.73 Å². The molecule has 1 atom stereocenters. The molecule has 4 N–H and O–H groups in total. The van der Waals surface area contributed by atoms with Gasteiger partial charge in [0.15, 0.2) is 0 Å². The van der Waals surface area contributed by atoms with E-state index in [1.165, 1.54) is 19.2 Å². The highest BCUT2D eigenvalue weighted by Gasteiger charge is 2.24. The first kappa shape index (κ1) is 15.6. The number of hydrogen-bond acceptors (Lipinski definition) is 5. The number of hydrogen-bond donors (Lipinski definition) is 3. The van der Waals surface area contributed by atoms with E-state index in [4.69, 9.17) is 5.73 Å². The van der Waals surface area contributed by atoms with Crippen molar-refractivity contribution in [2.45, 2.75) is 6.04 Å². The van der Waals surface area contributed by atoms with Crippen LogP contribution >= 0.6 is 22.6 Å². The first-order chi connectivity index (χ1) is 9.95. The summed E-state index contributed by atoms with van der Waals surface area (Å²) in [4.78, 5) is 11.7. The van der Waals surface area contributed by atoms with Gasteiger partial charge in [0, 0.05) is 15.2 Å². The molecule has 0 amide bonds. The molecule has 0 aliphatic carbocycles. The number of esters is 1. The number of carbonyl (C=O) groups is 1. The second-order valence-electron chi connectivity index (χ2n) is 4.41. The third-order valence-corrected chi connectivity index (χ3v) is 4.01. The molecule has 0 aliphatic heterocycles. The first-order valence-corrected chi connectivity index (χ1v) is 7.17. The van der Waals surface area contributed by atoms with Crippen LogP contribution < -0.4 is 5.73 Å². The van der Waals surface area contributed by atoms with Crippen molar-refractivity contribution in [1.82, 2.24) is 0 Å². The Labute approximate surface area is 135 Å². The van der Waals surface area contributed by atoms with Crippen LogP contribution in [0.5, 0.6) is 11.5 Å². The van der Waals surface area contributed by atoms with E-state index in [-0.39, 0.29) is 11.5 Å². The predicted octanol–water partition coefficient (Wildman–Crippen LogP) is 2.54. The lowest BCUT2D eigenvalue weighted by Crippen LogP contribution is -2.23. The Morgan fingerprint density at radius 3 is 2.57 bits per heavy atom. The molecule has 0 spiro atoms. The Bertz CT molecular complexity index is 687. The molecule has 0 heterocycles. The Morgan fingerprint density at radius 1 is 1.29 bits per heavy atom. The summed E-state index contributed by atoms with van der Waals surface area (Å²) in [6.07, 6.45) is 0. The minimum absolute atomic E-state index is 0.145. The molecule has 2 aromatic rings. The Morgan fingerprint density at radius 2 is 1.95 bits per heavy atom. The number of phenols is 2. The first-order valence-electron chi connectivity index (χ1n) is 6.10. The third kappa shape index (κ3) is 3.11. The number of rotatable bonds is 3. The number of aromatic hydroxyl groups is 2. The van der Waals surface area contributed by atoms with Crippen molar-refractivity contribution in [3.63, 3.8) is 0 Å². The van der Waals surface area contributed by atoms with E-state index >= 15 is 0 Å². The average molecular weight is 399 g/mol. The van der Waals surface area contributed by atoms with Crippen molar-refractivity contribution in [3.8, 4) is 22.6 Å². The van der Waals surface area contributed by atoms with Crippen molar-refractivity contribution >= 4 is 28.6 Å². The van der Waals surface area contributed by atoms with E-state index < -0.39 is 12.0 Å². The Hall–Kier alpha value is -1.80. The van der Waals surface area contributed by atoms with Gasteiger partial charge in [0.1, 0.15) is 17.5 Å². The van der Waals surface area contributed by atoms with E-state index in [1.807, 2.05) is 18.2 Å². The molecule has 0 radical (unpaired) electrons. The fraction of sp³-hybridized carbons (Fsp3) is 0.133. The largest absolute Gasteiger partial charge is 0.508 e. The average Bonchev–Trinajstić information content (AvgIpc) is 2.46. The molecule has 0 bridgehead atoms. The van der Waals surface area contributed by atoms with Crippen molar-refractivity contribution in [3.05, 3.63) is 45.5 Å². The minimum Gasteiger partial charge on any atom is -0.508 e. The maximum atomic E-state index is 11.7. The lowest BCUT2D eigenvalue weighted by Gasteiger charge is -2.17. The summed E-state index contributed by atoms with van der Waals surface area (Å²) in [6, 6.07) is 8.83. The van der Waals surface area contributed by atoms with Crippen LogP contribution in [-0.2, 0) is 9.53 Å². The number of ether oxygens (including phenoxy) is 1. The third-order valence-electron chi connectivity index (χ3n) is 3.07. The summed E-state index contributed by atoms with van der Waals surface area (Å²) < 4.78 is 5.52. The molecule has 2 rings (SSSR count). The summed E-state index contributed by atoms with van der Waals surface area (Å²) in [5.41, 5.74) is 7.32. The van der Waals surface area contributed by atoms with E-state index in [1.54, 1.807) is 6.07 Å². The van der Waals surface area contributed by atoms with Gasteiger partial charge in [-0.3, -0.25) is 4.79 Å². The van der Waals surface area contributed by atoms with Gasteiger partial charge in [0.25, 0.3) is 0 Å². The lowest BCUT2D eigenvalue weighted by molar-refractivity contribution is -0.142. The zero-order chi connectivity index (χ0) is 15.6. The predicted molar refractivity (Wildman–Crippen MR) is 86.9 cm³/mol. The second-order valence-corrected chi connectivity index (χ2v) is 5.57. The van der Waals surface area contributed by atoms with Crippen LogP contribution in [0.1, 0.15) is 11.6 Å². The number of carbonyl (C=O) groups excluding carboxylic acids is 1. The molecule has 0 saturated heterocycles. The maximum absolute atomic E-state index is 11.7. The monoisotopic (exact) mass is 399 g/mol. The van der Waals surface area contributed by atoms with Crippen LogP contribution in [0.2, 0.25) is 0 Å². The quantitative estimate of drug-likeness (QED) is 0.545. The number of benzene rings is 2. The van der Waals surface area contributed by atoms with Crippen LogP contribution in [-0.4, -0.2) is 23.3 Å². The van der Waals surface area contributed by atoms with Crippen LogP contribution in [0.4, 0.5) is 0 Å². The highest BCUT2D eigenvalue weighted by molar-refractivity contribution is 14.1. The standard InChI is InChI=1S/C15H14INO4/c1-21-15(20)14(17)10-6-8(18)7-12(19)13(10)9-4-2-3-5-11(9)16/h2-7,14,18-19H,17H2,1H3/t14-/m0/s1.